The lowest BCUT2D eigenvalue weighted by Crippen LogP contribution is -2.34. The molecular formula is C15H19ClN4O5. The second-order valence-corrected chi connectivity index (χ2v) is 5.77. The fourth-order valence-electron chi connectivity index (χ4n) is 2.98. The Balaban J connectivity index is 0.00000225. The summed E-state index contributed by atoms with van der Waals surface area (Å²) in [7, 11) is 2.74. The van der Waals surface area contributed by atoms with Crippen LogP contribution in [0.2, 0.25) is 0 Å². The van der Waals surface area contributed by atoms with Crippen LogP contribution in [-0.2, 0) is 5.54 Å². The Morgan fingerprint density at radius 1 is 1.28 bits per heavy atom. The van der Waals surface area contributed by atoms with Gasteiger partial charge < -0.3 is 19.7 Å². The van der Waals surface area contributed by atoms with Gasteiger partial charge in [-0.25, -0.2) is 0 Å². The Kier molecular flexibility index (Phi) is 5.48. The van der Waals surface area contributed by atoms with Gasteiger partial charge in [0.05, 0.1) is 30.2 Å². The fourth-order valence-corrected chi connectivity index (χ4v) is 2.98. The molecule has 1 fully saturated rings. The van der Waals surface area contributed by atoms with Gasteiger partial charge in [-0.15, -0.1) is 12.4 Å². The van der Waals surface area contributed by atoms with Crippen molar-refractivity contribution in [1.82, 2.24) is 10.1 Å². The number of rotatable bonds is 5. The van der Waals surface area contributed by atoms with E-state index >= 15 is 0 Å². The Hall–Kier alpha value is -2.39. The molecule has 0 bridgehead atoms. The summed E-state index contributed by atoms with van der Waals surface area (Å²) in [6.07, 6.45) is 3.61. The lowest BCUT2D eigenvalue weighted by molar-refractivity contribution is -0.385. The van der Waals surface area contributed by atoms with Crippen LogP contribution >= 0.6 is 12.4 Å². The van der Waals surface area contributed by atoms with E-state index in [0.717, 1.165) is 25.7 Å². The van der Waals surface area contributed by atoms with E-state index in [1.54, 1.807) is 6.07 Å². The van der Waals surface area contributed by atoms with Crippen LogP contribution < -0.4 is 15.2 Å². The first-order valence-electron chi connectivity index (χ1n) is 7.52. The van der Waals surface area contributed by atoms with Gasteiger partial charge in [-0.2, -0.15) is 4.98 Å². The second kappa shape index (κ2) is 7.24. The quantitative estimate of drug-likeness (QED) is 0.628. The third kappa shape index (κ3) is 3.38. The molecule has 1 aromatic heterocycles. The highest BCUT2D eigenvalue weighted by molar-refractivity contribution is 5.85. The molecule has 2 N–H and O–H groups in total. The number of halogens is 1. The summed E-state index contributed by atoms with van der Waals surface area (Å²) in [6, 6.07) is 2.87. The minimum absolute atomic E-state index is 0. The summed E-state index contributed by atoms with van der Waals surface area (Å²) in [5.74, 6) is 0.833. The molecule has 1 heterocycles. The highest BCUT2D eigenvalue weighted by atomic mass is 35.5. The molecule has 10 heteroatoms. The first-order chi connectivity index (χ1) is 11.5. The molecule has 2 aromatic rings. The zero-order valence-electron chi connectivity index (χ0n) is 13.9. The molecule has 0 saturated heterocycles. The molecule has 25 heavy (non-hydrogen) atoms. The molecule has 0 unspecified atom stereocenters. The standard InChI is InChI=1S/C15H18N4O5.ClH/c1-22-11-8-9(7-10(19(20)21)12(11)23-2)13-17-14(18-24-13)15(16)5-3-4-6-15;/h7-8H,3-6,16H2,1-2H3;1H. The van der Waals surface area contributed by atoms with Crippen LogP contribution in [0.1, 0.15) is 31.5 Å². The van der Waals surface area contributed by atoms with Crippen molar-refractivity contribution >= 4 is 18.1 Å². The van der Waals surface area contributed by atoms with E-state index in [1.807, 2.05) is 0 Å². The van der Waals surface area contributed by atoms with E-state index in [2.05, 4.69) is 10.1 Å². The largest absolute Gasteiger partial charge is 0.493 e. The number of nitro groups is 1. The van der Waals surface area contributed by atoms with Gasteiger partial charge in [-0.05, 0) is 18.9 Å². The normalized spacial score (nSPS) is 15.5. The number of hydrogen-bond donors (Lipinski definition) is 1. The maximum Gasteiger partial charge on any atom is 0.315 e. The van der Waals surface area contributed by atoms with Crippen molar-refractivity contribution in [3.8, 4) is 23.0 Å². The summed E-state index contributed by atoms with van der Waals surface area (Å²) in [6.45, 7) is 0. The minimum atomic E-state index is -0.593. The smallest absolute Gasteiger partial charge is 0.315 e. The summed E-state index contributed by atoms with van der Waals surface area (Å²) in [5.41, 5.74) is 5.85. The lowest BCUT2D eigenvalue weighted by atomic mass is 9.98. The van der Waals surface area contributed by atoms with Gasteiger partial charge in [0.1, 0.15) is 0 Å². The molecule has 0 aliphatic heterocycles. The summed E-state index contributed by atoms with van der Waals surface area (Å²) < 4.78 is 15.5. The molecule has 1 aliphatic carbocycles. The molecule has 1 aliphatic rings. The maximum atomic E-state index is 11.3. The van der Waals surface area contributed by atoms with E-state index in [1.165, 1.54) is 20.3 Å². The van der Waals surface area contributed by atoms with E-state index in [-0.39, 0.29) is 35.5 Å². The van der Waals surface area contributed by atoms with Crippen LogP contribution in [0.4, 0.5) is 5.69 Å². The van der Waals surface area contributed by atoms with Gasteiger partial charge in [0.15, 0.2) is 11.6 Å². The third-order valence-corrected chi connectivity index (χ3v) is 4.27. The molecule has 1 aromatic carbocycles. The number of methoxy groups -OCH3 is 2. The monoisotopic (exact) mass is 370 g/mol. The van der Waals surface area contributed by atoms with Gasteiger partial charge in [-0.3, -0.25) is 10.1 Å². The van der Waals surface area contributed by atoms with Crippen molar-refractivity contribution in [2.75, 3.05) is 14.2 Å². The Bertz CT molecular complexity index is 773. The molecule has 136 valence electrons. The molecular weight excluding hydrogens is 352 g/mol. The van der Waals surface area contributed by atoms with Crippen LogP contribution in [0.5, 0.6) is 11.5 Å². The van der Waals surface area contributed by atoms with Crippen molar-refractivity contribution in [2.24, 2.45) is 5.73 Å². The zero-order chi connectivity index (χ0) is 17.3. The number of aromatic nitrogens is 2. The van der Waals surface area contributed by atoms with Crippen molar-refractivity contribution < 1.29 is 18.9 Å². The predicted octanol–water partition coefficient (Wildman–Crippen LogP) is 2.81. The third-order valence-electron chi connectivity index (χ3n) is 4.27. The average molecular weight is 371 g/mol. The van der Waals surface area contributed by atoms with Gasteiger partial charge in [-0.1, -0.05) is 18.0 Å². The van der Waals surface area contributed by atoms with Crippen LogP contribution in [0.3, 0.4) is 0 Å². The molecule has 0 amide bonds. The minimum Gasteiger partial charge on any atom is -0.493 e. The number of ether oxygens (including phenoxy) is 2. The Morgan fingerprint density at radius 3 is 2.52 bits per heavy atom. The van der Waals surface area contributed by atoms with Crippen molar-refractivity contribution in [1.29, 1.82) is 0 Å². The topological polar surface area (TPSA) is 127 Å². The Labute approximate surface area is 150 Å². The van der Waals surface area contributed by atoms with Gasteiger partial charge >= 0.3 is 5.69 Å². The number of nitro benzene ring substituents is 1. The first kappa shape index (κ1) is 18.9. The van der Waals surface area contributed by atoms with Gasteiger partial charge in [0.25, 0.3) is 5.89 Å². The van der Waals surface area contributed by atoms with Crippen LogP contribution in [0.25, 0.3) is 11.5 Å². The maximum absolute atomic E-state index is 11.3. The Morgan fingerprint density at radius 2 is 1.96 bits per heavy atom. The van der Waals surface area contributed by atoms with Crippen molar-refractivity contribution in [3.63, 3.8) is 0 Å². The summed E-state index contributed by atoms with van der Waals surface area (Å²) in [5, 5.41) is 15.2. The molecule has 0 spiro atoms. The van der Waals surface area contributed by atoms with Gasteiger partial charge in [0.2, 0.25) is 5.75 Å². The highest BCUT2D eigenvalue weighted by Gasteiger charge is 2.36. The molecule has 9 nitrogen and oxygen atoms in total. The van der Waals surface area contributed by atoms with E-state index in [0.29, 0.717) is 11.4 Å². The number of nitrogens with two attached hydrogens (primary N) is 1. The number of nitrogens with zero attached hydrogens (tertiary/aromatic N) is 3. The van der Waals surface area contributed by atoms with Crippen molar-refractivity contribution in [2.45, 2.75) is 31.2 Å². The summed E-state index contributed by atoms with van der Waals surface area (Å²) in [4.78, 5) is 15.1. The number of hydrogen-bond acceptors (Lipinski definition) is 8. The average Bonchev–Trinajstić information content (AvgIpc) is 3.23. The fraction of sp³-hybridized carbons (Fsp3) is 0.467. The highest BCUT2D eigenvalue weighted by Crippen LogP contribution is 2.41. The zero-order valence-corrected chi connectivity index (χ0v) is 14.7. The molecule has 0 atom stereocenters. The molecule has 1 saturated carbocycles. The first-order valence-corrected chi connectivity index (χ1v) is 7.52. The molecule has 3 rings (SSSR count). The van der Waals surface area contributed by atoms with Gasteiger partial charge in [0, 0.05) is 6.07 Å². The number of benzene rings is 1. The SMILES string of the molecule is COc1cc(-c2nc(C3(N)CCCC3)no2)cc([N+](=O)[O-])c1OC.Cl. The van der Waals surface area contributed by atoms with Crippen molar-refractivity contribution in [3.05, 3.63) is 28.1 Å². The van der Waals surface area contributed by atoms with Crippen LogP contribution in [0.15, 0.2) is 16.7 Å². The van der Waals surface area contributed by atoms with E-state index < -0.39 is 10.5 Å². The predicted molar refractivity (Wildman–Crippen MR) is 91.1 cm³/mol. The second-order valence-electron chi connectivity index (χ2n) is 5.77. The van der Waals surface area contributed by atoms with Crippen LogP contribution in [0, 0.1) is 10.1 Å². The lowest BCUT2D eigenvalue weighted by Gasteiger charge is -2.17. The van der Waals surface area contributed by atoms with E-state index in [9.17, 15) is 10.1 Å². The summed E-state index contributed by atoms with van der Waals surface area (Å²) >= 11 is 0. The van der Waals surface area contributed by atoms with Crippen LogP contribution in [-0.4, -0.2) is 29.3 Å². The van der Waals surface area contributed by atoms with E-state index in [4.69, 9.17) is 19.7 Å². The molecule has 0 radical (unpaired) electrons.